The fraction of sp³-hybridized carbons (Fsp3) is 0.429. The molecule has 12 nitrogen and oxygen atoms in total. The number of nitrogens with zero attached hydrogens (tertiary/aromatic N) is 2. The van der Waals surface area contributed by atoms with Crippen LogP contribution in [0, 0.1) is 11.8 Å². The molecule has 0 radical (unpaired) electrons. The van der Waals surface area contributed by atoms with E-state index in [2.05, 4.69) is 25.8 Å². The van der Waals surface area contributed by atoms with Gasteiger partial charge in [-0.3, -0.25) is 14.7 Å². The number of aromatic nitrogens is 3. The van der Waals surface area contributed by atoms with Crippen molar-refractivity contribution < 1.29 is 33.1 Å². The summed E-state index contributed by atoms with van der Waals surface area (Å²) in [5.74, 6) is -1.71. The lowest BCUT2D eigenvalue weighted by atomic mass is 10.0. The van der Waals surface area contributed by atoms with Crippen molar-refractivity contribution in [2.24, 2.45) is 11.8 Å². The molecular weight excluding hydrogens is 518 g/mol. The van der Waals surface area contributed by atoms with E-state index in [1.807, 2.05) is 27.7 Å². The Morgan fingerprint density at radius 2 is 1.45 bits per heavy atom. The monoisotopic (exact) mass is 553 g/mol. The van der Waals surface area contributed by atoms with Crippen LogP contribution in [0.4, 0.5) is 0 Å². The van der Waals surface area contributed by atoms with Gasteiger partial charge >= 0.3 is 11.9 Å². The molecule has 0 aliphatic carbocycles. The summed E-state index contributed by atoms with van der Waals surface area (Å²) in [6, 6.07) is 7.05. The Kier molecular flexibility index (Phi) is 10.2. The van der Waals surface area contributed by atoms with Crippen LogP contribution in [-0.2, 0) is 19.1 Å². The maximum absolute atomic E-state index is 12.8. The number of hydrogen-bond acceptors (Lipinski definition) is 9. The predicted octanol–water partition coefficient (Wildman–Crippen LogP) is 3.37. The molecule has 0 aliphatic rings. The molecule has 0 aliphatic heterocycles. The lowest BCUT2D eigenvalue weighted by Crippen LogP contribution is -2.42. The summed E-state index contributed by atoms with van der Waals surface area (Å²) in [5.41, 5.74) is 1.91. The maximum Gasteiger partial charge on any atom is 0.328 e. The van der Waals surface area contributed by atoms with E-state index in [1.54, 1.807) is 30.3 Å². The second kappa shape index (κ2) is 13.5. The fourth-order valence-electron chi connectivity index (χ4n) is 4.04. The Balaban J connectivity index is 1.74. The van der Waals surface area contributed by atoms with Crippen LogP contribution in [0.25, 0.3) is 22.7 Å². The fourth-order valence-corrected chi connectivity index (χ4v) is 4.04. The molecule has 2 aromatic heterocycles. The molecule has 3 N–H and O–H groups in total. The van der Waals surface area contributed by atoms with Crippen LogP contribution in [0.2, 0.25) is 0 Å². The third-order valence-electron chi connectivity index (χ3n) is 5.96. The molecule has 0 saturated heterocycles. The Hall–Kier alpha value is -4.48. The first-order valence-corrected chi connectivity index (χ1v) is 12.9. The highest BCUT2D eigenvalue weighted by molar-refractivity contribution is 5.96. The van der Waals surface area contributed by atoms with Crippen LogP contribution in [0.3, 0.4) is 0 Å². The first-order chi connectivity index (χ1) is 19.0. The van der Waals surface area contributed by atoms with Gasteiger partial charge in [-0.15, -0.1) is 0 Å². The van der Waals surface area contributed by atoms with Gasteiger partial charge in [0.25, 0.3) is 11.8 Å². The average molecular weight is 554 g/mol. The van der Waals surface area contributed by atoms with Gasteiger partial charge < -0.3 is 24.5 Å². The summed E-state index contributed by atoms with van der Waals surface area (Å²) in [4.78, 5) is 53.8. The van der Waals surface area contributed by atoms with Crippen molar-refractivity contribution in [1.82, 2.24) is 25.8 Å². The number of carbonyl (C=O) groups excluding carboxylic acids is 4. The second-order valence-corrected chi connectivity index (χ2v) is 10.1. The number of H-pyrrole nitrogens is 1. The lowest BCUT2D eigenvalue weighted by molar-refractivity contribution is -0.144. The third-order valence-corrected chi connectivity index (χ3v) is 5.96. The number of hydrogen-bond donors (Lipinski definition) is 3. The molecule has 12 heteroatoms. The van der Waals surface area contributed by atoms with Gasteiger partial charge in [-0.1, -0.05) is 39.8 Å². The van der Waals surface area contributed by atoms with Gasteiger partial charge in [-0.25, -0.2) is 14.6 Å². The van der Waals surface area contributed by atoms with E-state index in [-0.39, 0.29) is 29.2 Å². The molecule has 0 bridgehead atoms. The average Bonchev–Trinajstić information content (AvgIpc) is 3.62. The number of esters is 2. The van der Waals surface area contributed by atoms with Crippen molar-refractivity contribution in [3.8, 4) is 22.7 Å². The van der Waals surface area contributed by atoms with E-state index in [0.717, 1.165) is 0 Å². The minimum Gasteiger partial charge on any atom is -0.467 e. The van der Waals surface area contributed by atoms with Crippen LogP contribution in [0.15, 0.2) is 40.9 Å². The zero-order valence-electron chi connectivity index (χ0n) is 23.4. The quantitative estimate of drug-likeness (QED) is 0.285. The molecule has 0 spiro atoms. The summed E-state index contributed by atoms with van der Waals surface area (Å²) < 4.78 is 15.3. The van der Waals surface area contributed by atoms with Crippen LogP contribution >= 0.6 is 0 Å². The number of nitrogens with one attached hydrogen (secondary N) is 3. The molecule has 0 saturated carbocycles. The lowest BCUT2D eigenvalue weighted by Gasteiger charge is -2.17. The molecule has 214 valence electrons. The largest absolute Gasteiger partial charge is 0.467 e. The second-order valence-electron chi connectivity index (χ2n) is 10.1. The number of amides is 2. The van der Waals surface area contributed by atoms with Crippen LogP contribution in [0.5, 0.6) is 0 Å². The molecule has 40 heavy (non-hydrogen) atoms. The molecule has 0 fully saturated rings. The van der Waals surface area contributed by atoms with E-state index in [4.69, 9.17) is 13.9 Å². The molecule has 1 unspecified atom stereocenters. The highest BCUT2D eigenvalue weighted by atomic mass is 16.5. The minimum absolute atomic E-state index is 0.0554. The summed E-state index contributed by atoms with van der Waals surface area (Å²) in [6.45, 7) is 7.75. The smallest absolute Gasteiger partial charge is 0.328 e. The maximum atomic E-state index is 12.8. The van der Waals surface area contributed by atoms with Crippen LogP contribution < -0.4 is 10.6 Å². The number of carbonyl (C=O) groups is 4. The van der Waals surface area contributed by atoms with Crippen LogP contribution in [-0.4, -0.2) is 65.2 Å². The van der Waals surface area contributed by atoms with E-state index < -0.39 is 35.8 Å². The van der Waals surface area contributed by atoms with E-state index in [1.165, 1.54) is 20.4 Å². The number of oxazole rings is 1. The molecule has 3 rings (SSSR count). The Morgan fingerprint density at radius 3 is 2.02 bits per heavy atom. The standard InChI is InChI=1S/C28H35N5O7/c1-15(2)10-21(27(36)38-5)30-24(34)20-13-19(32-33-20)17-8-7-9-18(12-17)26-29-14-23(40-26)25(35)31-22(11-16(3)4)28(37)39-6/h7-9,12-16,21-22H,10-11H2,1-6H3,(H,30,34)(H,31,35)(H,32,33)/t21-,22?/m0/s1. The predicted molar refractivity (Wildman–Crippen MR) is 145 cm³/mol. The number of methoxy groups -OCH3 is 2. The first kappa shape index (κ1) is 30.1. The third kappa shape index (κ3) is 7.78. The highest BCUT2D eigenvalue weighted by Crippen LogP contribution is 2.26. The van der Waals surface area contributed by atoms with E-state index >= 15 is 0 Å². The number of benzene rings is 1. The zero-order chi connectivity index (χ0) is 29.4. The summed E-state index contributed by atoms with van der Waals surface area (Å²) >= 11 is 0. The molecular formula is C28H35N5O7. The van der Waals surface area contributed by atoms with Gasteiger partial charge in [0.1, 0.15) is 12.1 Å². The van der Waals surface area contributed by atoms with E-state index in [0.29, 0.717) is 29.7 Å². The molecule has 2 atom stereocenters. The minimum atomic E-state index is -0.811. The summed E-state index contributed by atoms with van der Waals surface area (Å²) in [6.07, 6.45) is 2.12. The van der Waals surface area contributed by atoms with Crippen molar-refractivity contribution in [1.29, 1.82) is 0 Å². The van der Waals surface area contributed by atoms with Crippen molar-refractivity contribution in [2.45, 2.75) is 52.6 Å². The molecule has 3 aromatic rings. The zero-order valence-corrected chi connectivity index (χ0v) is 23.4. The van der Waals surface area contributed by atoms with Gasteiger partial charge in [0.2, 0.25) is 11.7 Å². The Bertz CT molecular complexity index is 1250. The van der Waals surface area contributed by atoms with Crippen molar-refractivity contribution in [3.63, 3.8) is 0 Å². The summed E-state index contributed by atoms with van der Waals surface area (Å²) in [7, 11) is 2.54. The molecule has 2 heterocycles. The highest BCUT2D eigenvalue weighted by Gasteiger charge is 2.26. The van der Waals surface area contributed by atoms with Gasteiger partial charge in [-0.2, -0.15) is 5.10 Å². The summed E-state index contributed by atoms with van der Waals surface area (Å²) in [5, 5.41) is 12.2. The Labute approximate surface area is 232 Å². The van der Waals surface area contributed by atoms with Crippen molar-refractivity contribution >= 4 is 23.8 Å². The first-order valence-electron chi connectivity index (χ1n) is 12.9. The number of ether oxygens (including phenoxy) is 2. The van der Waals surface area contributed by atoms with Gasteiger partial charge in [0.05, 0.1) is 26.1 Å². The van der Waals surface area contributed by atoms with Crippen molar-refractivity contribution in [3.05, 3.63) is 48.0 Å². The van der Waals surface area contributed by atoms with E-state index in [9.17, 15) is 19.2 Å². The normalized spacial score (nSPS) is 12.6. The van der Waals surface area contributed by atoms with Gasteiger partial charge in [0.15, 0.2) is 5.69 Å². The van der Waals surface area contributed by atoms with Gasteiger partial charge in [-0.05, 0) is 42.9 Å². The number of aromatic amines is 1. The Morgan fingerprint density at radius 1 is 0.875 bits per heavy atom. The topological polar surface area (TPSA) is 166 Å². The van der Waals surface area contributed by atoms with Gasteiger partial charge in [0, 0.05) is 11.1 Å². The number of rotatable bonds is 12. The SMILES string of the molecule is COC(=O)C(CC(C)C)NC(=O)c1cnc(-c2cccc(-c3cc(C(=O)N[C@@H](CC(C)C)C(=O)OC)n[nH]3)c2)o1. The molecule has 1 aromatic carbocycles. The van der Waals surface area contributed by atoms with Crippen LogP contribution in [0.1, 0.15) is 61.6 Å². The van der Waals surface area contributed by atoms with Crippen molar-refractivity contribution in [2.75, 3.05) is 14.2 Å². The molecule has 2 amide bonds.